The molecule has 2 N–H and O–H groups in total. The minimum atomic E-state index is -0.0901. The van der Waals surface area contributed by atoms with E-state index in [-0.39, 0.29) is 11.5 Å². The molecule has 0 fully saturated rings. The van der Waals surface area contributed by atoms with Gasteiger partial charge in [0.1, 0.15) is 0 Å². The van der Waals surface area contributed by atoms with Crippen LogP contribution in [0, 0.1) is 0 Å². The third kappa shape index (κ3) is 3.53. The van der Waals surface area contributed by atoms with Crippen LogP contribution < -0.4 is 5.73 Å². The summed E-state index contributed by atoms with van der Waals surface area (Å²) in [4.78, 5) is 1.06. The van der Waals surface area contributed by atoms with Gasteiger partial charge < -0.3 is 5.73 Å². The summed E-state index contributed by atoms with van der Waals surface area (Å²) in [5, 5.41) is 4.97. The Morgan fingerprint density at radius 3 is 2.74 bits per heavy atom. The summed E-state index contributed by atoms with van der Waals surface area (Å²) in [6.07, 6.45) is 0.744. The molecule has 0 bridgehead atoms. The highest BCUT2D eigenvalue weighted by Gasteiger charge is 2.25. The van der Waals surface area contributed by atoms with Crippen LogP contribution in [0.1, 0.15) is 42.9 Å². The molecule has 2 aromatic rings. The van der Waals surface area contributed by atoms with Crippen molar-refractivity contribution in [1.82, 2.24) is 9.59 Å². The molecule has 102 valence electrons. The van der Waals surface area contributed by atoms with Crippen LogP contribution in [0.2, 0.25) is 5.02 Å². The summed E-state index contributed by atoms with van der Waals surface area (Å²) >= 11 is 7.38. The van der Waals surface area contributed by atoms with Crippen molar-refractivity contribution in [3.05, 3.63) is 45.4 Å². The van der Waals surface area contributed by atoms with Crippen molar-refractivity contribution in [3.8, 4) is 0 Å². The smallest absolute Gasteiger partial charge is 0.0857 e. The third-order valence-corrected chi connectivity index (χ3v) is 4.00. The maximum Gasteiger partial charge on any atom is 0.0857 e. The number of aromatic nitrogens is 2. The zero-order valence-electron chi connectivity index (χ0n) is 11.4. The Hall–Kier alpha value is -0.970. The highest BCUT2D eigenvalue weighted by atomic mass is 35.5. The molecule has 0 aliphatic rings. The minimum Gasteiger partial charge on any atom is -0.323 e. The molecule has 2 rings (SSSR count). The van der Waals surface area contributed by atoms with Gasteiger partial charge in [-0.3, -0.25) is 0 Å². The van der Waals surface area contributed by atoms with Gasteiger partial charge in [-0.15, -0.1) is 5.10 Å². The third-order valence-electron chi connectivity index (χ3n) is 2.91. The van der Waals surface area contributed by atoms with Gasteiger partial charge in [0.2, 0.25) is 0 Å². The fourth-order valence-corrected chi connectivity index (χ4v) is 3.05. The van der Waals surface area contributed by atoms with Crippen LogP contribution in [0.5, 0.6) is 0 Å². The molecule has 0 aliphatic carbocycles. The van der Waals surface area contributed by atoms with Gasteiger partial charge in [-0.25, -0.2) is 0 Å². The Kier molecular flexibility index (Phi) is 4.23. The fraction of sp³-hybridized carbons (Fsp3) is 0.429. The monoisotopic (exact) mass is 295 g/mol. The van der Waals surface area contributed by atoms with E-state index in [1.807, 2.05) is 24.3 Å². The van der Waals surface area contributed by atoms with E-state index in [0.29, 0.717) is 0 Å². The number of halogens is 1. The predicted octanol–water partition coefficient (Wildman–Crippen LogP) is 3.73. The second-order valence-electron chi connectivity index (χ2n) is 5.68. The van der Waals surface area contributed by atoms with Gasteiger partial charge in [0.25, 0.3) is 0 Å². The highest BCUT2D eigenvalue weighted by Crippen LogP contribution is 2.31. The Morgan fingerprint density at radius 2 is 2.11 bits per heavy atom. The number of hydrogen-bond donors (Lipinski definition) is 1. The molecular weight excluding hydrogens is 278 g/mol. The van der Waals surface area contributed by atoms with Gasteiger partial charge in [-0.2, -0.15) is 0 Å². The van der Waals surface area contributed by atoms with E-state index < -0.39 is 0 Å². The molecule has 0 amide bonds. The van der Waals surface area contributed by atoms with E-state index in [2.05, 4.69) is 30.4 Å². The van der Waals surface area contributed by atoms with Crippen molar-refractivity contribution in [2.45, 2.75) is 38.6 Å². The van der Waals surface area contributed by atoms with Gasteiger partial charge in [-0.1, -0.05) is 49.0 Å². The lowest BCUT2D eigenvalue weighted by Gasteiger charge is -2.19. The average Bonchev–Trinajstić information content (AvgIpc) is 2.77. The zero-order chi connectivity index (χ0) is 14.0. The first-order valence-corrected chi connectivity index (χ1v) is 7.36. The minimum absolute atomic E-state index is 0.0334. The summed E-state index contributed by atoms with van der Waals surface area (Å²) in [6.45, 7) is 6.37. The van der Waals surface area contributed by atoms with Crippen LogP contribution in [-0.2, 0) is 11.8 Å². The van der Waals surface area contributed by atoms with Crippen molar-refractivity contribution in [3.63, 3.8) is 0 Å². The number of nitrogens with two attached hydrogens (primary N) is 1. The summed E-state index contributed by atoms with van der Waals surface area (Å²) in [7, 11) is 0. The quantitative estimate of drug-likeness (QED) is 0.938. The van der Waals surface area contributed by atoms with Gasteiger partial charge in [0.15, 0.2) is 0 Å². The molecule has 3 nitrogen and oxygen atoms in total. The summed E-state index contributed by atoms with van der Waals surface area (Å²) < 4.78 is 4.05. The summed E-state index contributed by atoms with van der Waals surface area (Å²) in [5.41, 5.74) is 8.40. The van der Waals surface area contributed by atoms with Crippen molar-refractivity contribution in [1.29, 1.82) is 0 Å². The summed E-state index contributed by atoms with van der Waals surface area (Å²) in [6, 6.07) is 7.71. The van der Waals surface area contributed by atoms with Crippen LogP contribution in [0.15, 0.2) is 24.3 Å². The van der Waals surface area contributed by atoms with Gasteiger partial charge in [0.05, 0.1) is 10.6 Å². The van der Waals surface area contributed by atoms with Gasteiger partial charge in [0, 0.05) is 16.5 Å². The largest absolute Gasteiger partial charge is 0.323 e. The molecule has 1 aromatic carbocycles. The first-order valence-electron chi connectivity index (χ1n) is 6.20. The maximum absolute atomic E-state index is 6.31. The first kappa shape index (κ1) is 14.4. The van der Waals surface area contributed by atoms with Crippen LogP contribution in [-0.4, -0.2) is 9.59 Å². The van der Waals surface area contributed by atoms with E-state index in [1.165, 1.54) is 11.5 Å². The highest BCUT2D eigenvalue weighted by molar-refractivity contribution is 7.05. The second-order valence-corrected chi connectivity index (χ2v) is 6.90. The van der Waals surface area contributed by atoms with E-state index in [0.717, 1.165) is 27.6 Å². The lowest BCUT2D eigenvalue weighted by atomic mass is 9.89. The van der Waals surface area contributed by atoms with Crippen molar-refractivity contribution < 1.29 is 0 Å². The van der Waals surface area contributed by atoms with Crippen LogP contribution >= 0.6 is 23.1 Å². The number of benzene rings is 1. The topological polar surface area (TPSA) is 51.8 Å². The van der Waals surface area contributed by atoms with Crippen LogP contribution in [0.3, 0.4) is 0 Å². The first-order chi connectivity index (χ1) is 8.88. The number of rotatable bonds is 3. The van der Waals surface area contributed by atoms with E-state index in [9.17, 15) is 0 Å². The molecule has 1 atom stereocenters. The normalized spacial score (nSPS) is 13.5. The van der Waals surface area contributed by atoms with Gasteiger partial charge >= 0.3 is 0 Å². The molecule has 0 saturated carbocycles. The molecular formula is C14H18ClN3S. The molecule has 1 unspecified atom stereocenters. The zero-order valence-corrected chi connectivity index (χ0v) is 12.9. The average molecular weight is 296 g/mol. The molecule has 1 aromatic heterocycles. The molecule has 0 radical (unpaired) electrons. The predicted molar refractivity (Wildman–Crippen MR) is 80.7 cm³/mol. The van der Waals surface area contributed by atoms with Crippen molar-refractivity contribution >= 4 is 23.1 Å². The molecule has 0 spiro atoms. The molecule has 0 saturated heterocycles. The number of hydrogen-bond acceptors (Lipinski definition) is 4. The van der Waals surface area contributed by atoms with Crippen LogP contribution in [0.4, 0.5) is 0 Å². The van der Waals surface area contributed by atoms with E-state index in [4.69, 9.17) is 17.3 Å². The summed E-state index contributed by atoms with van der Waals surface area (Å²) in [5.74, 6) is 0. The lowest BCUT2D eigenvalue weighted by molar-refractivity contribution is 0.550. The second kappa shape index (κ2) is 5.57. The SMILES string of the molecule is CC(C)(C)c1nnsc1C(N)Cc1cccc(Cl)c1. The van der Waals surface area contributed by atoms with Crippen molar-refractivity contribution in [2.24, 2.45) is 5.73 Å². The fourth-order valence-electron chi connectivity index (χ4n) is 1.97. The maximum atomic E-state index is 6.31. The standard InChI is InChI=1S/C14H18ClN3S/c1-14(2,3)13-12(19-18-17-13)11(16)8-9-5-4-6-10(15)7-9/h4-7,11H,8,16H2,1-3H3. The molecule has 1 heterocycles. The Bertz CT molecular complexity index is 560. The van der Waals surface area contributed by atoms with Crippen molar-refractivity contribution in [2.75, 3.05) is 0 Å². The number of nitrogens with zero attached hydrogens (tertiary/aromatic N) is 2. The lowest BCUT2D eigenvalue weighted by Crippen LogP contribution is -2.20. The van der Waals surface area contributed by atoms with Gasteiger partial charge in [-0.05, 0) is 35.6 Å². The molecule has 19 heavy (non-hydrogen) atoms. The Labute approximate surface area is 123 Å². The van der Waals surface area contributed by atoms with E-state index in [1.54, 1.807) is 0 Å². The molecule has 5 heteroatoms. The van der Waals surface area contributed by atoms with E-state index >= 15 is 0 Å². The Balaban J connectivity index is 2.21. The Morgan fingerprint density at radius 1 is 1.37 bits per heavy atom. The molecule has 0 aliphatic heterocycles. The van der Waals surface area contributed by atoms with Crippen LogP contribution in [0.25, 0.3) is 0 Å².